The van der Waals surface area contributed by atoms with E-state index in [-0.39, 0.29) is 0 Å². The van der Waals surface area contributed by atoms with Crippen molar-refractivity contribution in [3.63, 3.8) is 0 Å². The van der Waals surface area contributed by atoms with Crippen molar-refractivity contribution in [1.82, 2.24) is 9.59 Å². The van der Waals surface area contributed by atoms with Crippen LogP contribution in [0.1, 0.15) is 32.1 Å². The van der Waals surface area contributed by atoms with Crippen molar-refractivity contribution in [3.8, 4) is 0 Å². The Balaban J connectivity index is 2.23. The smallest absolute Gasteiger partial charge is 0.336 e. The summed E-state index contributed by atoms with van der Waals surface area (Å²) >= 11 is 1.35. The summed E-state index contributed by atoms with van der Waals surface area (Å²) in [5.74, 6) is -0.906. The number of benzene rings is 1. The largest absolute Gasteiger partial charge is 0.478 e. The Morgan fingerprint density at radius 1 is 1.32 bits per heavy atom. The number of carboxylic acid groups (broad SMARTS) is 1. The van der Waals surface area contributed by atoms with Gasteiger partial charge in [0.15, 0.2) is 0 Å². The summed E-state index contributed by atoms with van der Waals surface area (Å²) in [4.78, 5) is 12.2. The maximum Gasteiger partial charge on any atom is 0.336 e. The Morgan fingerprint density at radius 3 is 2.63 bits per heavy atom. The van der Waals surface area contributed by atoms with Gasteiger partial charge in [-0.1, -0.05) is 10.6 Å². The average Bonchev–Trinajstić information content (AvgIpc) is 2.73. The van der Waals surface area contributed by atoms with Gasteiger partial charge >= 0.3 is 5.97 Å². The first-order valence-corrected chi connectivity index (χ1v) is 6.62. The predicted octanol–water partition coefficient (Wildman–Crippen LogP) is 2.77. The van der Waals surface area contributed by atoms with Crippen LogP contribution in [0.2, 0.25) is 0 Å². The zero-order valence-corrected chi connectivity index (χ0v) is 11.8. The van der Waals surface area contributed by atoms with E-state index in [1.807, 2.05) is 19.9 Å². The zero-order chi connectivity index (χ0) is 14.0. The molecule has 0 atom stereocenters. The normalized spacial score (nSPS) is 10.5. The van der Waals surface area contributed by atoms with Crippen molar-refractivity contribution in [2.75, 3.05) is 5.32 Å². The summed E-state index contributed by atoms with van der Waals surface area (Å²) in [7, 11) is 0. The van der Waals surface area contributed by atoms with Gasteiger partial charge in [-0.3, -0.25) is 0 Å². The summed E-state index contributed by atoms with van der Waals surface area (Å²) in [6.45, 7) is 6.27. The lowest BCUT2D eigenvalue weighted by Gasteiger charge is -2.11. The van der Waals surface area contributed by atoms with Crippen molar-refractivity contribution < 1.29 is 9.90 Å². The highest BCUT2D eigenvalue weighted by atomic mass is 32.1. The lowest BCUT2D eigenvalue weighted by atomic mass is 10.0. The SMILES string of the molecule is Cc1cc(C)c(C(=O)O)cc1NCc1snnc1C. The molecule has 1 aromatic carbocycles. The van der Waals surface area contributed by atoms with Gasteiger partial charge in [-0.05, 0) is 49.5 Å². The summed E-state index contributed by atoms with van der Waals surface area (Å²) in [6.07, 6.45) is 0. The highest BCUT2D eigenvalue weighted by Crippen LogP contribution is 2.22. The van der Waals surface area contributed by atoms with Gasteiger partial charge in [0.05, 0.1) is 22.7 Å². The van der Waals surface area contributed by atoms with Crippen LogP contribution in [0.25, 0.3) is 0 Å². The third kappa shape index (κ3) is 2.90. The van der Waals surface area contributed by atoms with E-state index < -0.39 is 5.97 Å². The van der Waals surface area contributed by atoms with E-state index in [1.165, 1.54) is 11.5 Å². The van der Waals surface area contributed by atoms with Gasteiger partial charge in [0.1, 0.15) is 0 Å². The van der Waals surface area contributed by atoms with Crippen LogP contribution < -0.4 is 5.32 Å². The number of nitrogens with one attached hydrogen (secondary N) is 1. The molecule has 19 heavy (non-hydrogen) atoms. The van der Waals surface area contributed by atoms with Crippen LogP contribution in [0.4, 0.5) is 5.69 Å². The van der Waals surface area contributed by atoms with Gasteiger partial charge < -0.3 is 10.4 Å². The number of nitrogens with zero attached hydrogens (tertiary/aromatic N) is 2. The summed E-state index contributed by atoms with van der Waals surface area (Å²) in [5.41, 5.74) is 3.85. The number of aromatic nitrogens is 2. The number of carbonyl (C=O) groups is 1. The van der Waals surface area contributed by atoms with Crippen LogP contribution in [-0.4, -0.2) is 20.7 Å². The highest BCUT2D eigenvalue weighted by Gasteiger charge is 2.11. The van der Waals surface area contributed by atoms with Crippen LogP contribution in [-0.2, 0) is 6.54 Å². The number of aromatic carboxylic acids is 1. The van der Waals surface area contributed by atoms with E-state index in [9.17, 15) is 4.79 Å². The molecule has 0 aliphatic heterocycles. The van der Waals surface area contributed by atoms with Crippen LogP contribution in [0.3, 0.4) is 0 Å². The minimum absolute atomic E-state index is 0.326. The molecule has 0 aliphatic rings. The molecule has 1 heterocycles. The fourth-order valence-corrected chi connectivity index (χ4v) is 2.43. The van der Waals surface area contributed by atoms with Crippen molar-refractivity contribution in [3.05, 3.63) is 39.4 Å². The predicted molar refractivity (Wildman–Crippen MR) is 74.8 cm³/mol. The monoisotopic (exact) mass is 277 g/mol. The molecule has 100 valence electrons. The summed E-state index contributed by atoms with van der Waals surface area (Å²) < 4.78 is 3.87. The maximum atomic E-state index is 11.1. The lowest BCUT2D eigenvalue weighted by Crippen LogP contribution is -2.05. The Kier molecular flexibility index (Phi) is 3.80. The molecule has 0 aliphatic carbocycles. The number of hydrogen-bond acceptors (Lipinski definition) is 5. The summed E-state index contributed by atoms with van der Waals surface area (Å²) in [5, 5.41) is 16.3. The molecule has 0 saturated heterocycles. The average molecular weight is 277 g/mol. The molecule has 2 N–H and O–H groups in total. The van der Waals surface area contributed by atoms with Crippen molar-refractivity contribution >= 4 is 23.2 Å². The number of anilines is 1. The Morgan fingerprint density at radius 2 is 2.05 bits per heavy atom. The van der Waals surface area contributed by atoms with Crippen LogP contribution in [0.5, 0.6) is 0 Å². The van der Waals surface area contributed by atoms with Crippen molar-refractivity contribution in [2.45, 2.75) is 27.3 Å². The van der Waals surface area contributed by atoms with Gasteiger partial charge in [0.25, 0.3) is 0 Å². The van der Waals surface area contributed by atoms with Crippen molar-refractivity contribution in [2.24, 2.45) is 0 Å². The van der Waals surface area contributed by atoms with E-state index >= 15 is 0 Å². The molecule has 1 aromatic heterocycles. The summed E-state index contributed by atoms with van der Waals surface area (Å²) in [6, 6.07) is 3.56. The van der Waals surface area contributed by atoms with Crippen LogP contribution >= 0.6 is 11.5 Å². The molecule has 0 unspecified atom stereocenters. The third-order valence-corrected chi connectivity index (χ3v) is 3.81. The maximum absolute atomic E-state index is 11.1. The molecular formula is C13H15N3O2S. The molecule has 0 bridgehead atoms. The molecule has 0 fully saturated rings. The molecule has 0 amide bonds. The van der Waals surface area contributed by atoms with E-state index in [0.717, 1.165) is 27.4 Å². The molecule has 0 saturated carbocycles. The van der Waals surface area contributed by atoms with Gasteiger partial charge in [-0.2, -0.15) is 0 Å². The quantitative estimate of drug-likeness (QED) is 0.898. The number of hydrogen-bond donors (Lipinski definition) is 2. The van der Waals surface area contributed by atoms with E-state index in [0.29, 0.717) is 12.1 Å². The fraction of sp³-hybridized carbons (Fsp3) is 0.308. The first-order valence-electron chi connectivity index (χ1n) is 5.85. The van der Waals surface area contributed by atoms with E-state index in [2.05, 4.69) is 14.9 Å². The minimum Gasteiger partial charge on any atom is -0.478 e. The number of carboxylic acids is 1. The van der Waals surface area contributed by atoms with Gasteiger partial charge in [-0.15, -0.1) is 5.10 Å². The molecule has 5 nitrogen and oxygen atoms in total. The third-order valence-electron chi connectivity index (χ3n) is 2.99. The lowest BCUT2D eigenvalue weighted by molar-refractivity contribution is 0.0696. The molecule has 0 spiro atoms. The van der Waals surface area contributed by atoms with Gasteiger partial charge in [0, 0.05) is 5.69 Å². The minimum atomic E-state index is -0.906. The zero-order valence-electron chi connectivity index (χ0n) is 11.0. The van der Waals surface area contributed by atoms with Crippen LogP contribution in [0.15, 0.2) is 12.1 Å². The van der Waals surface area contributed by atoms with E-state index in [4.69, 9.17) is 5.11 Å². The standard InChI is InChI=1S/C13H15N3O2S/c1-7-4-8(2)11(5-10(7)13(17)18)14-6-12-9(3)15-16-19-12/h4-5,14H,6H2,1-3H3,(H,17,18). The Labute approximate surface area is 115 Å². The van der Waals surface area contributed by atoms with E-state index in [1.54, 1.807) is 13.0 Å². The first kappa shape index (κ1) is 13.5. The van der Waals surface area contributed by atoms with Crippen molar-refractivity contribution in [1.29, 1.82) is 0 Å². The van der Waals surface area contributed by atoms with Gasteiger partial charge in [0.2, 0.25) is 0 Å². The topological polar surface area (TPSA) is 75.1 Å². The molecule has 0 radical (unpaired) electrons. The molecular weight excluding hydrogens is 262 g/mol. The Bertz CT molecular complexity index is 622. The number of aryl methyl sites for hydroxylation is 3. The first-order chi connectivity index (χ1) is 8.99. The second-order valence-electron chi connectivity index (χ2n) is 4.42. The highest BCUT2D eigenvalue weighted by molar-refractivity contribution is 7.05. The molecule has 6 heteroatoms. The number of rotatable bonds is 4. The molecule has 2 aromatic rings. The Hall–Kier alpha value is -1.95. The van der Waals surface area contributed by atoms with Gasteiger partial charge in [-0.25, -0.2) is 4.79 Å². The molecule has 2 rings (SSSR count). The second kappa shape index (κ2) is 5.36. The fourth-order valence-electron chi connectivity index (χ4n) is 1.86. The van der Waals surface area contributed by atoms with Crippen LogP contribution in [0, 0.1) is 20.8 Å². The second-order valence-corrected chi connectivity index (χ2v) is 5.26.